The van der Waals surface area contributed by atoms with Gasteiger partial charge in [-0.05, 0) is 43.3 Å². The van der Waals surface area contributed by atoms with Gasteiger partial charge in [0.15, 0.2) is 15.7 Å². The van der Waals surface area contributed by atoms with Crippen molar-refractivity contribution in [3.63, 3.8) is 0 Å². The van der Waals surface area contributed by atoms with Crippen LogP contribution in [-0.4, -0.2) is 44.2 Å². The van der Waals surface area contributed by atoms with E-state index in [1.54, 1.807) is 30.3 Å². The Bertz CT molecular complexity index is 1220. The zero-order chi connectivity index (χ0) is 22.9. The van der Waals surface area contributed by atoms with E-state index >= 15 is 0 Å². The fourth-order valence-corrected chi connectivity index (χ4v) is 4.81. The second-order valence-electron chi connectivity index (χ2n) is 7.64. The summed E-state index contributed by atoms with van der Waals surface area (Å²) in [6.45, 7) is 3.59. The number of nitrogen functional groups attached to an aromatic ring is 1. The Labute approximate surface area is 184 Å². The number of rotatable bonds is 5. The monoisotopic (exact) mass is 460 g/mol. The van der Waals surface area contributed by atoms with Crippen molar-refractivity contribution < 1.29 is 21.9 Å². The Morgan fingerprint density at radius 2 is 1.78 bits per heavy atom. The molecule has 1 fully saturated rings. The number of ether oxygens (including phenoxy) is 1. The van der Waals surface area contributed by atoms with Gasteiger partial charge < -0.3 is 15.4 Å². The molecule has 10 heteroatoms. The third kappa shape index (κ3) is 4.86. The maximum Gasteiger partial charge on any atom is 0.184 e. The normalized spacial score (nSPS) is 16.8. The summed E-state index contributed by atoms with van der Waals surface area (Å²) in [6.07, 6.45) is 0. The predicted octanol–water partition coefficient (Wildman–Crippen LogP) is 3.20. The van der Waals surface area contributed by atoms with Crippen LogP contribution in [0.4, 0.5) is 20.3 Å². The summed E-state index contributed by atoms with van der Waals surface area (Å²) < 4.78 is 58.5. The SMILES string of the molecule is C[C@H]1COCCN1c1cc(CS(=O)(=O)c2cc(F)cc(F)c2)nc(-c2ccc(N)cc2)n1. The topological polar surface area (TPSA) is 98.4 Å². The van der Waals surface area contributed by atoms with Crippen LogP contribution in [0.5, 0.6) is 0 Å². The maximum absolute atomic E-state index is 13.6. The first-order valence-corrected chi connectivity index (χ1v) is 11.6. The number of nitrogens with two attached hydrogens (primary N) is 1. The fraction of sp³-hybridized carbons (Fsp3) is 0.273. The summed E-state index contributed by atoms with van der Waals surface area (Å²) in [5.74, 6) is -1.57. The first-order chi connectivity index (χ1) is 15.2. The molecule has 0 saturated carbocycles. The smallest absolute Gasteiger partial charge is 0.184 e. The third-order valence-electron chi connectivity index (χ3n) is 5.13. The summed E-state index contributed by atoms with van der Waals surface area (Å²) >= 11 is 0. The molecule has 2 heterocycles. The molecule has 4 rings (SSSR count). The molecular formula is C22H22F2N4O3S. The van der Waals surface area contributed by atoms with E-state index in [-0.39, 0.29) is 11.7 Å². The second-order valence-corrected chi connectivity index (χ2v) is 9.63. The molecular weight excluding hydrogens is 438 g/mol. The van der Waals surface area contributed by atoms with E-state index < -0.39 is 32.1 Å². The molecule has 32 heavy (non-hydrogen) atoms. The minimum Gasteiger partial charge on any atom is -0.399 e. The minimum absolute atomic E-state index is 0.0275. The molecule has 1 saturated heterocycles. The van der Waals surface area contributed by atoms with Crippen molar-refractivity contribution in [2.24, 2.45) is 0 Å². The van der Waals surface area contributed by atoms with Gasteiger partial charge in [-0.1, -0.05) is 0 Å². The Kier molecular flexibility index (Phi) is 6.07. The number of benzene rings is 2. The zero-order valence-corrected chi connectivity index (χ0v) is 18.1. The largest absolute Gasteiger partial charge is 0.399 e. The van der Waals surface area contributed by atoms with Gasteiger partial charge in [0.05, 0.1) is 35.6 Å². The standard InChI is InChI=1S/C22H22F2N4O3S/c1-14-12-31-7-6-28(14)21-11-19(26-22(27-21)15-2-4-18(25)5-3-15)13-32(29,30)20-9-16(23)8-17(24)10-20/h2-5,8-11,14H,6-7,12-13,25H2,1H3/t14-/m0/s1. The third-order valence-corrected chi connectivity index (χ3v) is 6.76. The fourth-order valence-electron chi connectivity index (χ4n) is 3.52. The summed E-state index contributed by atoms with van der Waals surface area (Å²) in [6, 6.07) is 10.7. The first kappa shape index (κ1) is 22.1. The molecule has 1 atom stereocenters. The van der Waals surface area contributed by atoms with E-state index in [4.69, 9.17) is 10.5 Å². The molecule has 0 radical (unpaired) electrons. The lowest BCUT2D eigenvalue weighted by Gasteiger charge is -2.34. The van der Waals surface area contributed by atoms with Crippen LogP contribution in [0.2, 0.25) is 0 Å². The number of aromatic nitrogens is 2. The van der Waals surface area contributed by atoms with Crippen LogP contribution >= 0.6 is 0 Å². The van der Waals surface area contributed by atoms with E-state index in [0.717, 1.165) is 12.1 Å². The molecule has 168 valence electrons. The molecule has 1 aliphatic heterocycles. The highest BCUT2D eigenvalue weighted by Gasteiger charge is 2.24. The van der Waals surface area contributed by atoms with Gasteiger partial charge in [-0.25, -0.2) is 27.2 Å². The highest BCUT2D eigenvalue weighted by Crippen LogP contribution is 2.26. The Morgan fingerprint density at radius 1 is 1.09 bits per heavy atom. The molecule has 0 unspecified atom stereocenters. The van der Waals surface area contributed by atoms with Gasteiger partial charge in [0.25, 0.3) is 0 Å². The highest BCUT2D eigenvalue weighted by molar-refractivity contribution is 7.90. The quantitative estimate of drug-likeness (QED) is 0.584. The van der Waals surface area contributed by atoms with Crippen molar-refractivity contribution in [2.75, 3.05) is 30.4 Å². The van der Waals surface area contributed by atoms with Crippen molar-refractivity contribution in [3.8, 4) is 11.4 Å². The number of hydrogen-bond donors (Lipinski definition) is 1. The van der Waals surface area contributed by atoms with Crippen LogP contribution in [-0.2, 0) is 20.3 Å². The lowest BCUT2D eigenvalue weighted by Crippen LogP contribution is -2.44. The molecule has 0 aliphatic carbocycles. The molecule has 1 aromatic heterocycles. The number of hydrogen-bond acceptors (Lipinski definition) is 7. The molecule has 2 aromatic carbocycles. The minimum atomic E-state index is -4.06. The summed E-state index contributed by atoms with van der Waals surface area (Å²) in [7, 11) is -4.06. The van der Waals surface area contributed by atoms with Gasteiger partial charge in [-0.15, -0.1) is 0 Å². The van der Waals surface area contributed by atoms with Crippen molar-refractivity contribution in [3.05, 3.63) is 65.9 Å². The predicted molar refractivity (Wildman–Crippen MR) is 117 cm³/mol. The zero-order valence-electron chi connectivity index (χ0n) is 17.3. The van der Waals surface area contributed by atoms with E-state index in [9.17, 15) is 17.2 Å². The van der Waals surface area contributed by atoms with Crippen molar-refractivity contribution in [2.45, 2.75) is 23.6 Å². The lowest BCUT2D eigenvalue weighted by molar-refractivity contribution is 0.0985. The highest BCUT2D eigenvalue weighted by atomic mass is 32.2. The van der Waals surface area contributed by atoms with E-state index in [2.05, 4.69) is 9.97 Å². The molecule has 3 aromatic rings. The molecule has 0 spiro atoms. The van der Waals surface area contributed by atoms with Crippen molar-refractivity contribution >= 4 is 21.3 Å². The average Bonchev–Trinajstić information content (AvgIpc) is 2.73. The van der Waals surface area contributed by atoms with Crippen LogP contribution in [0.1, 0.15) is 12.6 Å². The number of nitrogens with zero attached hydrogens (tertiary/aromatic N) is 3. The molecule has 0 amide bonds. The molecule has 0 bridgehead atoms. The Balaban J connectivity index is 1.77. The molecule has 1 aliphatic rings. The Morgan fingerprint density at radius 3 is 2.44 bits per heavy atom. The van der Waals surface area contributed by atoms with Gasteiger partial charge in [0.1, 0.15) is 17.5 Å². The number of anilines is 2. The summed E-state index contributed by atoms with van der Waals surface area (Å²) in [4.78, 5) is 10.7. The maximum atomic E-state index is 13.6. The summed E-state index contributed by atoms with van der Waals surface area (Å²) in [5, 5.41) is 0. The average molecular weight is 461 g/mol. The number of halogens is 2. The number of sulfone groups is 1. The van der Waals surface area contributed by atoms with Crippen LogP contribution < -0.4 is 10.6 Å². The summed E-state index contributed by atoms with van der Waals surface area (Å²) in [5.41, 5.74) is 7.22. The lowest BCUT2D eigenvalue weighted by atomic mass is 10.2. The van der Waals surface area contributed by atoms with Crippen molar-refractivity contribution in [1.29, 1.82) is 0 Å². The van der Waals surface area contributed by atoms with Crippen molar-refractivity contribution in [1.82, 2.24) is 9.97 Å². The van der Waals surface area contributed by atoms with Gasteiger partial charge >= 0.3 is 0 Å². The molecule has 2 N–H and O–H groups in total. The van der Waals surface area contributed by atoms with Gasteiger partial charge in [0.2, 0.25) is 0 Å². The van der Waals surface area contributed by atoms with Gasteiger partial charge in [-0.3, -0.25) is 0 Å². The van der Waals surface area contributed by atoms with Crippen LogP contribution in [0, 0.1) is 11.6 Å². The first-order valence-electron chi connectivity index (χ1n) is 9.98. The van der Waals surface area contributed by atoms with Gasteiger partial charge in [-0.2, -0.15) is 0 Å². The van der Waals surface area contributed by atoms with E-state index in [1.807, 2.05) is 11.8 Å². The van der Waals surface area contributed by atoms with Crippen LogP contribution in [0.3, 0.4) is 0 Å². The van der Waals surface area contributed by atoms with Crippen LogP contribution in [0.25, 0.3) is 11.4 Å². The number of morpholine rings is 1. The van der Waals surface area contributed by atoms with E-state index in [1.165, 1.54) is 0 Å². The second kappa shape index (κ2) is 8.79. The van der Waals surface area contributed by atoms with Gasteiger partial charge in [0, 0.05) is 29.9 Å². The molecule has 7 nitrogen and oxygen atoms in total. The van der Waals surface area contributed by atoms with Crippen LogP contribution in [0.15, 0.2) is 53.4 Å². The Hall–Kier alpha value is -3.11. The van der Waals surface area contributed by atoms with E-state index in [0.29, 0.717) is 48.7 Å².